The fourth-order valence-corrected chi connectivity index (χ4v) is 3.14. The van der Waals surface area contributed by atoms with E-state index < -0.39 is 5.60 Å². The van der Waals surface area contributed by atoms with Crippen molar-refractivity contribution in [1.82, 2.24) is 0 Å². The van der Waals surface area contributed by atoms with E-state index in [2.05, 4.69) is 19.2 Å². The molecule has 2 rings (SSSR count). The third-order valence-corrected chi connectivity index (χ3v) is 4.88. The van der Waals surface area contributed by atoms with Gasteiger partial charge in [0.1, 0.15) is 11.4 Å². The van der Waals surface area contributed by atoms with E-state index in [-0.39, 0.29) is 5.91 Å². The van der Waals surface area contributed by atoms with Crippen LogP contribution in [0.3, 0.4) is 0 Å². The van der Waals surface area contributed by atoms with E-state index in [9.17, 15) is 4.79 Å². The maximum atomic E-state index is 12.9. The maximum Gasteiger partial charge on any atom is 0.256 e. The standard InChI is InChI=1S/C21H33NO3/c1-6-8-12-24-19-15(3)13-18(14-16(19)4)22-20(23)21(5,17-9-10-17)25-11-7-2/h13-14,17H,6-12H2,1-5H3,(H,22,23)/t21-/m1/s1. The van der Waals surface area contributed by atoms with Crippen LogP contribution >= 0.6 is 0 Å². The fourth-order valence-electron chi connectivity index (χ4n) is 3.14. The molecule has 4 nitrogen and oxygen atoms in total. The van der Waals surface area contributed by atoms with Gasteiger partial charge in [0, 0.05) is 12.3 Å². The molecule has 0 heterocycles. The van der Waals surface area contributed by atoms with Gasteiger partial charge in [-0.1, -0.05) is 20.3 Å². The Labute approximate surface area is 152 Å². The van der Waals surface area contributed by atoms with Gasteiger partial charge in [-0.2, -0.15) is 0 Å². The molecule has 1 N–H and O–H groups in total. The van der Waals surface area contributed by atoms with Crippen molar-refractivity contribution in [2.24, 2.45) is 5.92 Å². The van der Waals surface area contributed by atoms with Crippen molar-refractivity contribution in [3.05, 3.63) is 23.3 Å². The van der Waals surface area contributed by atoms with Crippen LogP contribution in [0.1, 0.15) is 64.0 Å². The van der Waals surface area contributed by atoms with Crippen LogP contribution in [0.2, 0.25) is 0 Å². The van der Waals surface area contributed by atoms with Crippen LogP contribution in [-0.4, -0.2) is 24.7 Å². The zero-order valence-corrected chi connectivity index (χ0v) is 16.4. The molecule has 140 valence electrons. The van der Waals surface area contributed by atoms with Gasteiger partial charge in [0.15, 0.2) is 0 Å². The first kappa shape index (κ1) is 19.8. The number of nitrogens with one attached hydrogen (secondary N) is 1. The lowest BCUT2D eigenvalue weighted by Gasteiger charge is -2.29. The number of carbonyl (C=O) groups is 1. The molecule has 0 bridgehead atoms. The molecule has 0 aromatic heterocycles. The molecular formula is C21H33NO3. The highest BCUT2D eigenvalue weighted by molar-refractivity contribution is 5.97. The molecule has 0 saturated heterocycles. The van der Waals surface area contributed by atoms with Gasteiger partial charge in [-0.15, -0.1) is 0 Å². The monoisotopic (exact) mass is 347 g/mol. The second-order valence-electron chi connectivity index (χ2n) is 7.33. The summed E-state index contributed by atoms with van der Waals surface area (Å²) in [4.78, 5) is 12.9. The second-order valence-corrected chi connectivity index (χ2v) is 7.33. The zero-order valence-electron chi connectivity index (χ0n) is 16.4. The average molecular weight is 347 g/mol. The first-order valence-electron chi connectivity index (χ1n) is 9.61. The molecule has 1 aromatic carbocycles. The Bertz CT molecular complexity index is 572. The van der Waals surface area contributed by atoms with E-state index in [1.807, 2.05) is 32.9 Å². The Morgan fingerprint density at radius 3 is 2.32 bits per heavy atom. The fraction of sp³-hybridized carbons (Fsp3) is 0.667. The van der Waals surface area contributed by atoms with Crippen molar-refractivity contribution >= 4 is 11.6 Å². The molecule has 4 heteroatoms. The molecule has 0 aliphatic heterocycles. The maximum absolute atomic E-state index is 12.9. The Morgan fingerprint density at radius 1 is 1.16 bits per heavy atom. The van der Waals surface area contributed by atoms with Crippen molar-refractivity contribution in [1.29, 1.82) is 0 Å². The van der Waals surface area contributed by atoms with Crippen molar-refractivity contribution < 1.29 is 14.3 Å². The molecule has 0 radical (unpaired) electrons. The van der Waals surface area contributed by atoms with Gasteiger partial charge in [-0.05, 0) is 75.6 Å². The molecule has 0 unspecified atom stereocenters. The van der Waals surface area contributed by atoms with Crippen molar-refractivity contribution in [2.45, 2.75) is 72.3 Å². The van der Waals surface area contributed by atoms with Crippen LogP contribution in [0.5, 0.6) is 5.75 Å². The number of carbonyl (C=O) groups excluding carboxylic acids is 1. The highest BCUT2D eigenvalue weighted by atomic mass is 16.5. The third kappa shape index (κ3) is 4.97. The normalized spacial score (nSPS) is 16.4. The van der Waals surface area contributed by atoms with Gasteiger partial charge in [0.2, 0.25) is 0 Å². The number of aryl methyl sites for hydroxylation is 2. The molecule has 1 aliphatic rings. The largest absolute Gasteiger partial charge is 0.493 e. The summed E-state index contributed by atoms with van der Waals surface area (Å²) in [6.45, 7) is 11.5. The lowest BCUT2D eigenvalue weighted by atomic mass is 9.98. The summed E-state index contributed by atoms with van der Waals surface area (Å²) in [6, 6.07) is 3.97. The minimum atomic E-state index is -0.728. The number of unbranched alkanes of at least 4 members (excludes halogenated alkanes) is 1. The Balaban J connectivity index is 2.09. The molecule has 1 saturated carbocycles. The summed E-state index contributed by atoms with van der Waals surface area (Å²) in [5, 5.41) is 3.07. The summed E-state index contributed by atoms with van der Waals surface area (Å²) < 4.78 is 11.8. The van der Waals surface area contributed by atoms with E-state index in [1.54, 1.807) is 0 Å². The first-order chi connectivity index (χ1) is 11.9. The Morgan fingerprint density at radius 2 is 1.80 bits per heavy atom. The lowest BCUT2D eigenvalue weighted by Crippen LogP contribution is -2.45. The average Bonchev–Trinajstić information content (AvgIpc) is 3.40. The van der Waals surface area contributed by atoms with Crippen molar-refractivity contribution in [2.75, 3.05) is 18.5 Å². The summed E-state index contributed by atoms with van der Waals surface area (Å²) in [5.74, 6) is 1.22. The van der Waals surface area contributed by atoms with E-state index in [0.717, 1.165) is 61.3 Å². The minimum Gasteiger partial charge on any atom is -0.493 e. The van der Waals surface area contributed by atoms with E-state index in [0.29, 0.717) is 12.5 Å². The zero-order chi connectivity index (χ0) is 18.4. The third-order valence-electron chi connectivity index (χ3n) is 4.88. The SMILES string of the molecule is CCCCOc1c(C)cc(NC(=O)[C@](C)(OCCC)C2CC2)cc1C. The quantitative estimate of drug-likeness (QED) is 0.605. The molecular weight excluding hydrogens is 314 g/mol. The molecule has 25 heavy (non-hydrogen) atoms. The number of benzene rings is 1. The van der Waals surface area contributed by atoms with Crippen LogP contribution in [0, 0.1) is 19.8 Å². The van der Waals surface area contributed by atoms with Gasteiger partial charge in [-0.3, -0.25) is 4.79 Å². The van der Waals surface area contributed by atoms with Gasteiger partial charge in [-0.25, -0.2) is 0 Å². The molecule has 1 amide bonds. The number of rotatable bonds is 10. The van der Waals surface area contributed by atoms with Crippen molar-refractivity contribution in [3.8, 4) is 5.75 Å². The first-order valence-corrected chi connectivity index (χ1v) is 9.61. The summed E-state index contributed by atoms with van der Waals surface area (Å²) >= 11 is 0. The smallest absolute Gasteiger partial charge is 0.256 e. The van der Waals surface area contributed by atoms with Crippen molar-refractivity contribution in [3.63, 3.8) is 0 Å². The van der Waals surface area contributed by atoms with E-state index in [1.165, 1.54) is 0 Å². The lowest BCUT2D eigenvalue weighted by molar-refractivity contribution is -0.142. The molecule has 1 fully saturated rings. The number of ether oxygens (including phenoxy) is 2. The number of amides is 1. The summed E-state index contributed by atoms with van der Waals surface area (Å²) in [6.07, 6.45) is 5.21. The Kier molecular flexibility index (Phi) is 6.88. The predicted molar refractivity (Wildman–Crippen MR) is 102 cm³/mol. The van der Waals surface area contributed by atoms with E-state index >= 15 is 0 Å². The topological polar surface area (TPSA) is 47.6 Å². The van der Waals surface area contributed by atoms with Gasteiger partial charge >= 0.3 is 0 Å². The van der Waals surface area contributed by atoms with Gasteiger partial charge < -0.3 is 14.8 Å². The van der Waals surface area contributed by atoms with Gasteiger partial charge in [0.05, 0.1) is 6.61 Å². The second kappa shape index (κ2) is 8.70. The summed E-state index contributed by atoms with van der Waals surface area (Å²) in [5.41, 5.74) is 2.19. The van der Waals surface area contributed by atoms with Crippen LogP contribution in [-0.2, 0) is 9.53 Å². The number of anilines is 1. The van der Waals surface area contributed by atoms with Gasteiger partial charge in [0.25, 0.3) is 5.91 Å². The van der Waals surface area contributed by atoms with Crippen LogP contribution < -0.4 is 10.1 Å². The molecule has 1 aliphatic carbocycles. The molecule has 0 spiro atoms. The van der Waals surface area contributed by atoms with Crippen LogP contribution in [0.4, 0.5) is 5.69 Å². The number of hydrogen-bond acceptors (Lipinski definition) is 3. The van der Waals surface area contributed by atoms with Crippen LogP contribution in [0.15, 0.2) is 12.1 Å². The summed E-state index contributed by atoms with van der Waals surface area (Å²) in [7, 11) is 0. The predicted octanol–water partition coefficient (Wildman–Crippen LogP) is 5.02. The molecule has 1 atom stereocenters. The molecule has 1 aromatic rings. The highest BCUT2D eigenvalue weighted by Crippen LogP contribution is 2.42. The number of hydrogen-bond donors (Lipinski definition) is 1. The minimum absolute atomic E-state index is 0.0399. The highest BCUT2D eigenvalue weighted by Gasteiger charge is 2.48. The van der Waals surface area contributed by atoms with Crippen LogP contribution in [0.25, 0.3) is 0 Å². The Hall–Kier alpha value is -1.55. The van der Waals surface area contributed by atoms with E-state index in [4.69, 9.17) is 9.47 Å².